The van der Waals surface area contributed by atoms with Gasteiger partial charge in [0.1, 0.15) is 0 Å². The van der Waals surface area contributed by atoms with Crippen molar-refractivity contribution in [3.63, 3.8) is 0 Å². The summed E-state index contributed by atoms with van der Waals surface area (Å²) in [7, 11) is 0. The molecule has 2 aromatic heterocycles. The van der Waals surface area contributed by atoms with Gasteiger partial charge in [0, 0.05) is 11.4 Å². The summed E-state index contributed by atoms with van der Waals surface area (Å²) in [6.07, 6.45) is 1.82. The lowest BCUT2D eigenvalue weighted by Gasteiger charge is -2.01. The number of hydrogen-bond acceptors (Lipinski definition) is 5. The van der Waals surface area contributed by atoms with Crippen LogP contribution in [-0.4, -0.2) is 16.1 Å². The summed E-state index contributed by atoms with van der Waals surface area (Å²) in [6, 6.07) is 13.6. The molecule has 4 nitrogen and oxygen atoms in total. The van der Waals surface area contributed by atoms with Crippen molar-refractivity contribution in [3.8, 4) is 0 Å². The molecule has 0 spiro atoms. The van der Waals surface area contributed by atoms with Crippen molar-refractivity contribution in [1.29, 1.82) is 0 Å². The van der Waals surface area contributed by atoms with Gasteiger partial charge in [0.05, 0.1) is 5.03 Å². The van der Waals surface area contributed by atoms with Crippen molar-refractivity contribution < 1.29 is 4.79 Å². The third-order valence-electron chi connectivity index (χ3n) is 2.93. The SMILES string of the molecule is O=C(NCc1ccccc1)c1nnc(/C(Cl)=C\c2cccs2)s1. The molecule has 0 aliphatic rings. The van der Waals surface area contributed by atoms with Crippen LogP contribution in [0.4, 0.5) is 0 Å². The lowest BCUT2D eigenvalue weighted by Crippen LogP contribution is -2.22. The fourth-order valence-electron chi connectivity index (χ4n) is 1.83. The van der Waals surface area contributed by atoms with Crippen LogP contribution in [0.25, 0.3) is 11.1 Å². The molecule has 2 heterocycles. The number of nitrogens with zero attached hydrogens (tertiary/aromatic N) is 2. The summed E-state index contributed by atoms with van der Waals surface area (Å²) in [5.41, 5.74) is 1.03. The molecule has 3 aromatic rings. The second-order valence-corrected chi connectivity index (χ2v) is 6.95. The number of hydrogen-bond donors (Lipinski definition) is 1. The van der Waals surface area contributed by atoms with E-state index in [4.69, 9.17) is 11.6 Å². The number of halogens is 1. The maximum absolute atomic E-state index is 12.1. The van der Waals surface area contributed by atoms with E-state index in [9.17, 15) is 4.79 Å². The van der Waals surface area contributed by atoms with Gasteiger partial charge in [-0.25, -0.2) is 0 Å². The lowest BCUT2D eigenvalue weighted by molar-refractivity contribution is 0.0950. The maximum Gasteiger partial charge on any atom is 0.282 e. The van der Waals surface area contributed by atoms with Crippen LogP contribution in [0.2, 0.25) is 0 Å². The summed E-state index contributed by atoms with van der Waals surface area (Å²) >= 11 is 8.99. The Kier molecular flexibility index (Phi) is 5.17. The number of carbonyl (C=O) groups is 1. The van der Waals surface area contributed by atoms with Gasteiger partial charge in [-0.05, 0) is 23.1 Å². The van der Waals surface area contributed by atoms with Gasteiger partial charge in [0.2, 0.25) is 5.01 Å². The minimum Gasteiger partial charge on any atom is -0.346 e. The molecule has 0 fully saturated rings. The molecule has 0 atom stereocenters. The number of benzene rings is 1. The second kappa shape index (κ2) is 7.50. The summed E-state index contributed by atoms with van der Waals surface area (Å²) < 4.78 is 0. The monoisotopic (exact) mass is 361 g/mol. The number of nitrogens with one attached hydrogen (secondary N) is 1. The zero-order valence-electron chi connectivity index (χ0n) is 11.9. The van der Waals surface area contributed by atoms with Crippen molar-refractivity contribution in [2.24, 2.45) is 0 Å². The molecule has 0 saturated heterocycles. The quantitative estimate of drug-likeness (QED) is 0.738. The Bertz CT molecular complexity index is 813. The van der Waals surface area contributed by atoms with E-state index in [2.05, 4.69) is 15.5 Å². The van der Waals surface area contributed by atoms with E-state index in [1.165, 1.54) is 11.3 Å². The molecule has 116 valence electrons. The van der Waals surface area contributed by atoms with E-state index in [0.29, 0.717) is 21.6 Å². The van der Waals surface area contributed by atoms with Crippen molar-refractivity contribution in [2.45, 2.75) is 6.54 Å². The summed E-state index contributed by atoms with van der Waals surface area (Å²) in [5.74, 6) is -0.252. The molecule has 1 N–H and O–H groups in total. The van der Waals surface area contributed by atoms with Gasteiger partial charge in [-0.1, -0.05) is 59.3 Å². The lowest BCUT2D eigenvalue weighted by atomic mass is 10.2. The first kappa shape index (κ1) is 15.9. The molecule has 0 aliphatic carbocycles. The van der Waals surface area contributed by atoms with Crippen LogP contribution in [0.3, 0.4) is 0 Å². The molecule has 1 aromatic carbocycles. The molecule has 0 aliphatic heterocycles. The molecular weight excluding hydrogens is 350 g/mol. The van der Waals surface area contributed by atoms with Crippen LogP contribution < -0.4 is 5.32 Å². The first-order valence-corrected chi connectivity index (χ1v) is 8.86. The first-order valence-electron chi connectivity index (χ1n) is 6.79. The van der Waals surface area contributed by atoms with Crippen molar-refractivity contribution in [1.82, 2.24) is 15.5 Å². The standard InChI is InChI=1S/C16H12ClN3OS2/c17-13(9-12-7-4-8-22-12)15-19-20-16(23-15)14(21)18-10-11-5-2-1-3-6-11/h1-9H,10H2,(H,18,21)/b13-9+. The Morgan fingerprint density at radius 2 is 1.91 bits per heavy atom. The predicted molar refractivity (Wildman–Crippen MR) is 95.6 cm³/mol. The van der Waals surface area contributed by atoms with Crippen molar-refractivity contribution in [3.05, 3.63) is 68.3 Å². The molecule has 0 saturated carbocycles. The van der Waals surface area contributed by atoms with Gasteiger partial charge in [-0.15, -0.1) is 21.5 Å². The zero-order valence-corrected chi connectivity index (χ0v) is 14.3. The Morgan fingerprint density at radius 3 is 2.65 bits per heavy atom. The molecule has 0 unspecified atom stereocenters. The Balaban J connectivity index is 1.65. The third kappa shape index (κ3) is 4.25. The number of rotatable bonds is 5. The van der Waals surface area contributed by atoms with Crippen molar-refractivity contribution in [2.75, 3.05) is 0 Å². The average Bonchev–Trinajstić information content (AvgIpc) is 3.25. The van der Waals surface area contributed by atoms with E-state index in [1.807, 2.05) is 53.9 Å². The fraction of sp³-hybridized carbons (Fsp3) is 0.0625. The Hall–Kier alpha value is -2.02. The van der Waals surface area contributed by atoms with E-state index in [-0.39, 0.29) is 5.91 Å². The van der Waals surface area contributed by atoms with Gasteiger partial charge in [-0.3, -0.25) is 4.79 Å². The van der Waals surface area contributed by atoms with Crippen LogP contribution in [0.15, 0.2) is 47.8 Å². The summed E-state index contributed by atoms with van der Waals surface area (Å²) in [5, 5.41) is 14.0. The molecule has 23 heavy (non-hydrogen) atoms. The van der Waals surface area contributed by atoms with Gasteiger partial charge in [0.25, 0.3) is 5.91 Å². The van der Waals surface area contributed by atoms with E-state index >= 15 is 0 Å². The maximum atomic E-state index is 12.1. The smallest absolute Gasteiger partial charge is 0.282 e. The summed E-state index contributed by atoms with van der Waals surface area (Å²) in [4.78, 5) is 13.1. The van der Waals surface area contributed by atoms with Gasteiger partial charge in [0.15, 0.2) is 5.01 Å². The van der Waals surface area contributed by atoms with E-state index < -0.39 is 0 Å². The van der Waals surface area contributed by atoms with Crippen LogP contribution in [0.1, 0.15) is 25.3 Å². The molecule has 7 heteroatoms. The fourth-order valence-corrected chi connectivity index (χ4v) is 3.49. The molecule has 3 rings (SSSR count). The highest BCUT2D eigenvalue weighted by Crippen LogP contribution is 2.26. The van der Waals surface area contributed by atoms with E-state index in [0.717, 1.165) is 10.4 Å². The number of aromatic nitrogens is 2. The number of amides is 1. The van der Waals surface area contributed by atoms with Crippen LogP contribution in [0, 0.1) is 0 Å². The highest BCUT2D eigenvalue weighted by molar-refractivity contribution is 7.15. The van der Waals surface area contributed by atoms with Gasteiger partial charge < -0.3 is 5.32 Å². The highest BCUT2D eigenvalue weighted by Gasteiger charge is 2.14. The Labute approximate surface area is 146 Å². The molecule has 0 bridgehead atoms. The molecule has 1 amide bonds. The predicted octanol–water partition coefficient (Wildman–Crippen LogP) is 4.27. The third-order valence-corrected chi connectivity index (χ3v) is 5.11. The van der Waals surface area contributed by atoms with Crippen molar-refractivity contribution >= 4 is 51.3 Å². The minimum atomic E-state index is -0.252. The van der Waals surface area contributed by atoms with Crippen LogP contribution in [0.5, 0.6) is 0 Å². The van der Waals surface area contributed by atoms with Crippen LogP contribution in [-0.2, 0) is 6.54 Å². The van der Waals surface area contributed by atoms with Crippen LogP contribution >= 0.6 is 34.3 Å². The van der Waals surface area contributed by atoms with E-state index in [1.54, 1.807) is 11.3 Å². The largest absolute Gasteiger partial charge is 0.346 e. The topological polar surface area (TPSA) is 54.9 Å². The Morgan fingerprint density at radius 1 is 1.13 bits per heavy atom. The number of carbonyl (C=O) groups excluding carboxylic acids is 1. The zero-order chi connectivity index (χ0) is 16.1. The first-order chi connectivity index (χ1) is 11.2. The molecule has 0 radical (unpaired) electrons. The molecular formula is C16H12ClN3OS2. The normalized spacial score (nSPS) is 11.4. The minimum absolute atomic E-state index is 0.252. The highest BCUT2D eigenvalue weighted by atomic mass is 35.5. The summed E-state index contributed by atoms with van der Waals surface area (Å²) in [6.45, 7) is 0.452. The second-order valence-electron chi connectivity index (χ2n) is 4.59. The van der Waals surface area contributed by atoms with Gasteiger partial charge >= 0.3 is 0 Å². The van der Waals surface area contributed by atoms with Gasteiger partial charge in [-0.2, -0.15) is 0 Å². The average molecular weight is 362 g/mol. The number of thiophene rings is 1.